The molecule has 0 N–H and O–H groups in total. The molecule has 2 aromatic carbocycles. The van der Waals surface area contributed by atoms with Crippen molar-refractivity contribution in [2.75, 3.05) is 47.9 Å². The van der Waals surface area contributed by atoms with Crippen LogP contribution in [0.5, 0.6) is 28.7 Å². The summed E-state index contributed by atoms with van der Waals surface area (Å²) < 4.78 is 59.7. The summed E-state index contributed by atoms with van der Waals surface area (Å²) in [4.78, 5) is 0.0626. The van der Waals surface area contributed by atoms with Gasteiger partial charge in [0.2, 0.25) is 5.75 Å². The summed E-state index contributed by atoms with van der Waals surface area (Å²) in [6.45, 7) is 2.83. The average Bonchev–Trinajstić information content (AvgIpc) is 3.31. The van der Waals surface area contributed by atoms with Gasteiger partial charge in [-0.25, -0.2) is 8.42 Å². The van der Waals surface area contributed by atoms with E-state index in [1.165, 1.54) is 7.11 Å². The predicted octanol–water partition coefficient (Wildman–Crippen LogP) is 3.97. The van der Waals surface area contributed by atoms with E-state index in [9.17, 15) is 8.42 Å². The third kappa shape index (κ3) is 4.70. The topological polar surface area (TPSA) is 89.5 Å². The van der Waals surface area contributed by atoms with Crippen LogP contribution in [0.4, 0.5) is 0 Å². The van der Waals surface area contributed by atoms with E-state index in [1.807, 2.05) is 19.1 Å². The number of hydrogen-bond donors (Lipinski definition) is 0. The molecule has 0 bridgehead atoms. The molecule has 0 aromatic heterocycles. The molecule has 1 aliphatic heterocycles. The standard InChI is InChI=1S/C24H32O8S/c1-7-10-31-23-20(29-4)14-17(15-21(23)33(6,25)26)24(9-8-11-32-24)16-12-18(27-2)22(30-5)19(13-16)28-3/h12-15H,7-11H2,1-6H3. The highest BCUT2D eigenvalue weighted by atomic mass is 32.2. The molecule has 1 saturated heterocycles. The van der Waals surface area contributed by atoms with Crippen LogP contribution in [0.25, 0.3) is 0 Å². The fourth-order valence-corrected chi connectivity index (χ4v) is 5.00. The lowest BCUT2D eigenvalue weighted by Gasteiger charge is -2.32. The van der Waals surface area contributed by atoms with Crippen molar-refractivity contribution in [1.82, 2.24) is 0 Å². The second-order valence-corrected chi connectivity index (χ2v) is 9.80. The van der Waals surface area contributed by atoms with Crippen molar-refractivity contribution in [3.05, 3.63) is 35.4 Å². The van der Waals surface area contributed by atoms with Crippen LogP contribution in [0.1, 0.15) is 37.3 Å². The number of benzene rings is 2. The van der Waals surface area contributed by atoms with Gasteiger partial charge in [0, 0.05) is 12.9 Å². The molecule has 2 aromatic rings. The van der Waals surface area contributed by atoms with Crippen molar-refractivity contribution in [2.45, 2.75) is 36.7 Å². The lowest BCUT2D eigenvalue weighted by atomic mass is 9.83. The molecule has 1 unspecified atom stereocenters. The highest BCUT2D eigenvalue weighted by Crippen LogP contribution is 2.50. The summed E-state index contributed by atoms with van der Waals surface area (Å²) in [7, 11) is 2.51. The first kappa shape index (κ1) is 25.0. The first-order chi connectivity index (χ1) is 15.7. The van der Waals surface area contributed by atoms with E-state index in [2.05, 4.69) is 0 Å². The van der Waals surface area contributed by atoms with Crippen LogP contribution in [0.15, 0.2) is 29.2 Å². The van der Waals surface area contributed by atoms with Crippen molar-refractivity contribution >= 4 is 9.84 Å². The normalized spacial score (nSPS) is 18.1. The minimum Gasteiger partial charge on any atom is -0.493 e. The Kier molecular flexibility index (Phi) is 7.64. The molecule has 1 heterocycles. The van der Waals surface area contributed by atoms with Gasteiger partial charge in [0.25, 0.3) is 0 Å². The fourth-order valence-electron chi connectivity index (χ4n) is 4.16. The lowest BCUT2D eigenvalue weighted by Crippen LogP contribution is -2.27. The Bertz CT molecular complexity index is 1060. The SMILES string of the molecule is CCCOc1c(OC)cc(C2(c3cc(OC)c(OC)c(OC)c3)CCCO2)cc1S(C)(=O)=O. The zero-order valence-electron chi connectivity index (χ0n) is 20.0. The monoisotopic (exact) mass is 480 g/mol. The summed E-state index contributed by atoms with van der Waals surface area (Å²) in [5, 5.41) is 0. The van der Waals surface area contributed by atoms with Crippen molar-refractivity contribution in [2.24, 2.45) is 0 Å². The van der Waals surface area contributed by atoms with Crippen LogP contribution in [-0.2, 0) is 20.2 Å². The maximum absolute atomic E-state index is 12.7. The Balaban J connectivity index is 2.30. The van der Waals surface area contributed by atoms with Gasteiger partial charge in [0.15, 0.2) is 32.8 Å². The molecule has 0 spiro atoms. The van der Waals surface area contributed by atoms with Gasteiger partial charge < -0.3 is 28.4 Å². The van der Waals surface area contributed by atoms with Gasteiger partial charge in [-0.3, -0.25) is 0 Å². The van der Waals surface area contributed by atoms with Gasteiger partial charge in [-0.05, 0) is 54.7 Å². The molecule has 1 atom stereocenters. The van der Waals surface area contributed by atoms with Crippen molar-refractivity contribution in [1.29, 1.82) is 0 Å². The van der Waals surface area contributed by atoms with E-state index in [-0.39, 0.29) is 10.6 Å². The van der Waals surface area contributed by atoms with Crippen LogP contribution >= 0.6 is 0 Å². The predicted molar refractivity (Wildman–Crippen MR) is 124 cm³/mol. The molecule has 0 aliphatic carbocycles. The average molecular weight is 481 g/mol. The first-order valence-corrected chi connectivity index (χ1v) is 12.6. The second-order valence-electron chi connectivity index (χ2n) is 7.82. The Morgan fingerprint density at radius 2 is 1.42 bits per heavy atom. The van der Waals surface area contributed by atoms with Gasteiger partial charge in [-0.2, -0.15) is 0 Å². The summed E-state index contributed by atoms with van der Waals surface area (Å²) >= 11 is 0. The van der Waals surface area contributed by atoms with Gasteiger partial charge in [0.1, 0.15) is 10.5 Å². The third-order valence-corrected chi connectivity index (χ3v) is 6.81. The van der Waals surface area contributed by atoms with E-state index in [1.54, 1.807) is 33.5 Å². The quantitative estimate of drug-likeness (QED) is 0.505. The Morgan fingerprint density at radius 1 is 0.879 bits per heavy atom. The number of sulfone groups is 1. The summed E-state index contributed by atoms with van der Waals surface area (Å²) in [5.41, 5.74) is 0.483. The first-order valence-electron chi connectivity index (χ1n) is 10.8. The molecule has 182 valence electrons. The minimum atomic E-state index is -3.62. The van der Waals surface area contributed by atoms with Crippen molar-refractivity contribution in [3.8, 4) is 28.7 Å². The van der Waals surface area contributed by atoms with Gasteiger partial charge >= 0.3 is 0 Å². The Labute approximate surface area is 195 Å². The second kappa shape index (κ2) is 10.1. The molecular weight excluding hydrogens is 448 g/mol. The zero-order valence-corrected chi connectivity index (χ0v) is 20.8. The van der Waals surface area contributed by atoms with Crippen LogP contribution in [-0.4, -0.2) is 56.3 Å². The molecule has 0 saturated carbocycles. The Morgan fingerprint density at radius 3 is 1.85 bits per heavy atom. The molecule has 1 fully saturated rings. The molecule has 0 radical (unpaired) electrons. The number of methoxy groups -OCH3 is 4. The van der Waals surface area contributed by atoms with E-state index in [0.29, 0.717) is 48.2 Å². The van der Waals surface area contributed by atoms with Gasteiger partial charge in [-0.1, -0.05) is 6.92 Å². The largest absolute Gasteiger partial charge is 0.493 e. The molecule has 33 heavy (non-hydrogen) atoms. The highest BCUT2D eigenvalue weighted by molar-refractivity contribution is 7.90. The number of rotatable bonds is 10. The summed E-state index contributed by atoms with van der Waals surface area (Å²) in [6.07, 6.45) is 3.31. The lowest BCUT2D eigenvalue weighted by molar-refractivity contribution is 0.0351. The molecule has 9 heteroatoms. The van der Waals surface area contributed by atoms with Crippen LogP contribution in [0, 0.1) is 0 Å². The molecule has 1 aliphatic rings. The third-order valence-electron chi connectivity index (χ3n) is 5.71. The maximum Gasteiger partial charge on any atom is 0.203 e. The van der Waals surface area contributed by atoms with Crippen LogP contribution in [0.3, 0.4) is 0 Å². The molecule has 3 rings (SSSR count). The summed E-state index contributed by atoms with van der Waals surface area (Å²) in [6, 6.07) is 7.08. The summed E-state index contributed by atoms with van der Waals surface area (Å²) in [5.74, 6) is 1.99. The van der Waals surface area contributed by atoms with Gasteiger partial charge in [0.05, 0.1) is 35.0 Å². The van der Waals surface area contributed by atoms with Crippen LogP contribution in [0.2, 0.25) is 0 Å². The number of ether oxygens (including phenoxy) is 6. The minimum absolute atomic E-state index is 0.0626. The van der Waals surface area contributed by atoms with E-state index >= 15 is 0 Å². The Hall–Kier alpha value is -2.65. The molecular formula is C24H32O8S. The van der Waals surface area contributed by atoms with E-state index < -0.39 is 15.4 Å². The zero-order chi connectivity index (χ0) is 24.2. The van der Waals surface area contributed by atoms with Crippen LogP contribution < -0.4 is 23.7 Å². The molecule has 0 amide bonds. The van der Waals surface area contributed by atoms with Crippen molar-refractivity contribution in [3.63, 3.8) is 0 Å². The fraction of sp³-hybridized carbons (Fsp3) is 0.500. The molecule has 8 nitrogen and oxygen atoms in total. The maximum atomic E-state index is 12.7. The van der Waals surface area contributed by atoms with E-state index in [4.69, 9.17) is 28.4 Å². The van der Waals surface area contributed by atoms with E-state index in [0.717, 1.165) is 24.7 Å². The van der Waals surface area contributed by atoms with Gasteiger partial charge in [-0.15, -0.1) is 0 Å². The highest BCUT2D eigenvalue weighted by Gasteiger charge is 2.42. The number of hydrogen-bond acceptors (Lipinski definition) is 8. The smallest absolute Gasteiger partial charge is 0.203 e. The van der Waals surface area contributed by atoms with Crippen molar-refractivity contribution < 1.29 is 36.8 Å².